The van der Waals surface area contributed by atoms with E-state index in [-0.39, 0.29) is 12.1 Å². The molecule has 0 saturated carbocycles. The predicted octanol–water partition coefficient (Wildman–Crippen LogP) is 0.197. The second kappa shape index (κ2) is 5.56. The summed E-state index contributed by atoms with van der Waals surface area (Å²) in [7, 11) is 2.08. The number of likely N-dealkylation sites (tertiary alicyclic amines) is 2. The molecule has 0 bridgehead atoms. The molecule has 1 atom stereocenters. The fourth-order valence-electron chi connectivity index (χ4n) is 2.57. The van der Waals surface area contributed by atoms with E-state index in [0.29, 0.717) is 19.5 Å². The van der Waals surface area contributed by atoms with Gasteiger partial charge in [0.2, 0.25) is 0 Å². The molecule has 6 nitrogen and oxygen atoms in total. The lowest BCUT2D eigenvalue weighted by Gasteiger charge is -2.30. The third-order valence-corrected chi connectivity index (χ3v) is 3.87. The van der Waals surface area contributed by atoms with Crippen LogP contribution in [0.3, 0.4) is 0 Å². The van der Waals surface area contributed by atoms with Crippen LogP contribution in [0.5, 0.6) is 0 Å². The zero-order chi connectivity index (χ0) is 13.1. The first-order valence-corrected chi connectivity index (χ1v) is 6.53. The third-order valence-electron chi connectivity index (χ3n) is 3.87. The van der Waals surface area contributed by atoms with E-state index in [1.165, 1.54) is 0 Å². The molecule has 2 saturated heterocycles. The number of hydrogen-bond acceptors (Lipinski definition) is 3. The van der Waals surface area contributed by atoms with E-state index in [0.717, 1.165) is 25.9 Å². The van der Waals surface area contributed by atoms with Crippen molar-refractivity contribution in [2.75, 3.05) is 33.2 Å². The van der Waals surface area contributed by atoms with Crippen molar-refractivity contribution < 1.29 is 14.7 Å². The Hall–Kier alpha value is -1.30. The monoisotopic (exact) mass is 255 g/mol. The van der Waals surface area contributed by atoms with Crippen molar-refractivity contribution in [2.24, 2.45) is 5.92 Å². The van der Waals surface area contributed by atoms with Gasteiger partial charge >= 0.3 is 12.0 Å². The zero-order valence-corrected chi connectivity index (χ0v) is 10.8. The van der Waals surface area contributed by atoms with Crippen LogP contribution in [0.15, 0.2) is 0 Å². The van der Waals surface area contributed by atoms with E-state index in [2.05, 4.69) is 17.3 Å². The number of piperidine rings is 1. The van der Waals surface area contributed by atoms with Gasteiger partial charge in [0.15, 0.2) is 0 Å². The average Bonchev–Trinajstić information content (AvgIpc) is 2.81. The number of aliphatic carboxylic acids is 1. The number of urea groups is 1. The topological polar surface area (TPSA) is 72.9 Å². The molecular formula is C12H21N3O3. The Morgan fingerprint density at radius 3 is 2.39 bits per heavy atom. The average molecular weight is 255 g/mol. The molecule has 2 amide bonds. The number of carbonyl (C=O) groups excluding carboxylic acids is 1. The predicted molar refractivity (Wildman–Crippen MR) is 66.4 cm³/mol. The van der Waals surface area contributed by atoms with E-state index in [9.17, 15) is 9.59 Å². The first-order chi connectivity index (χ1) is 8.56. The highest BCUT2D eigenvalue weighted by Crippen LogP contribution is 2.17. The molecule has 2 aliphatic heterocycles. The summed E-state index contributed by atoms with van der Waals surface area (Å²) in [6.07, 6.45) is 2.51. The lowest BCUT2D eigenvalue weighted by molar-refractivity contribution is -0.141. The smallest absolute Gasteiger partial charge is 0.317 e. The molecule has 2 heterocycles. The molecule has 0 radical (unpaired) electrons. The van der Waals surface area contributed by atoms with Gasteiger partial charge < -0.3 is 20.2 Å². The highest BCUT2D eigenvalue weighted by molar-refractivity contribution is 5.77. The molecule has 0 aromatic rings. The first kappa shape index (κ1) is 13.1. The summed E-state index contributed by atoms with van der Waals surface area (Å²) in [6.45, 7) is 2.90. The summed E-state index contributed by atoms with van der Waals surface area (Å²) < 4.78 is 0. The molecule has 0 aliphatic carbocycles. The quantitative estimate of drug-likeness (QED) is 0.739. The molecule has 18 heavy (non-hydrogen) atoms. The van der Waals surface area contributed by atoms with Crippen molar-refractivity contribution in [3.8, 4) is 0 Å². The van der Waals surface area contributed by atoms with Crippen LogP contribution in [0, 0.1) is 5.92 Å². The summed E-state index contributed by atoms with van der Waals surface area (Å²) in [5, 5.41) is 11.9. The van der Waals surface area contributed by atoms with Crippen molar-refractivity contribution in [3.63, 3.8) is 0 Å². The molecule has 2 aliphatic rings. The Kier molecular flexibility index (Phi) is 4.06. The van der Waals surface area contributed by atoms with Gasteiger partial charge in [-0.05, 0) is 39.4 Å². The van der Waals surface area contributed by atoms with Crippen molar-refractivity contribution in [1.29, 1.82) is 0 Å². The SMILES string of the molecule is CN1CCC(NC(=O)N2CCC(C(=O)O)C2)CC1. The number of rotatable bonds is 2. The number of carbonyl (C=O) groups is 2. The van der Waals surface area contributed by atoms with Crippen LogP contribution in [0.4, 0.5) is 4.79 Å². The number of carboxylic acid groups (broad SMARTS) is 1. The molecule has 2 fully saturated rings. The van der Waals surface area contributed by atoms with Gasteiger partial charge in [-0.25, -0.2) is 4.79 Å². The van der Waals surface area contributed by atoms with Crippen molar-refractivity contribution in [1.82, 2.24) is 15.1 Å². The Labute approximate surface area is 107 Å². The summed E-state index contributed by atoms with van der Waals surface area (Å²) in [6, 6.07) is 0.130. The van der Waals surface area contributed by atoms with Crippen LogP contribution in [-0.4, -0.2) is 66.2 Å². The fourth-order valence-corrected chi connectivity index (χ4v) is 2.57. The maximum Gasteiger partial charge on any atom is 0.317 e. The van der Waals surface area contributed by atoms with E-state index in [1.54, 1.807) is 4.90 Å². The molecule has 0 spiro atoms. The summed E-state index contributed by atoms with van der Waals surface area (Å²) in [4.78, 5) is 26.7. The summed E-state index contributed by atoms with van der Waals surface area (Å²) in [5.74, 6) is -1.20. The van der Waals surface area contributed by atoms with Crippen molar-refractivity contribution in [3.05, 3.63) is 0 Å². The molecule has 102 valence electrons. The van der Waals surface area contributed by atoms with Gasteiger partial charge in [-0.3, -0.25) is 4.79 Å². The van der Waals surface area contributed by atoms with Crippen LogP contribution >= 0.6 is 0 Å². The van der Waals surface area contributed by atoms with Crippen LogP contribution in [0.2, 0.25) is 0 Å². The number of nitrogens with zero attached hydrogens (tertiary/aromatic N) is 2. The Balaban J connectivity index is 1.77. The largest absolute Gasteiger partial charge is 0.481 e. The molecule has 0 aromatic carbocycles. The highest BCUT2D eigenvalue weighted by Gasteiger charge is 2.31. The van der Waals surface area contributed by atoms with Crippen LogP contribution in [0.25, 0.3) is 0 Å². The molecule has 2 rings (SSSR count). The minimum atomic E-state index is -0.801. The van der Waals surface area contributed by atoms with Crippen LogP contribution in [-0.2, 0) is 4.79 Å². The van der Waals surface area contributed by atoms with Crippen molar-refractivity contribution >= 4 is 12.0 Å². The van der Waals surface area contributed by atoms with E-state index in [1.807, 2.05) is 0 Å². The first-order valence-electron chi connectivity index (χ1n) is 6.53. The second-order valence-electron chi connectivity index (χ2n) is 5.30. The Bertz CT molecular complexity index is 327. The van der Waals surface area contributed by atoms with E-state index < -0.39 is 11.9 Å². The Morgan fingerprint density at radius 2 is 1.83 bits per heavy atom. The third kappa shape index (κ3) is 3.13. The number of amides is 2. The fraction of sp³-hybridized carbons (Fsp3) is 0.833. The van der Waals surface area contributed by atoms with Gasteiger partial charge in [0.25, 0.3) is 0 Å². The summed E-state index contributed by atoms with van der Waals surface area (Å²) in [5.41, 5.74) is 0. The highest BCUT2D eigenvalue weighted by atomic mass is 16.4. The molecule has 1 unspecified atom stereocenters. The second-order valence-corrected chi connectivity index (χ2v) is 5.30. The molecular weight excluding hydrogens is 234 g/mol. The lowest BCUT2D eigenvalue weighted by atomic mass is 10.1. The minimum absolute atomic E-state index is 0.103. The van der Waals surface area contributed by atoms with E-state index >= 15 is 0 Å². The van der Waals surface area contributed by atoms with Gasteiger partial charge in [0, 0.05) is 19.1 Å². The minimum Gasteiger partial charge on any atom is -0.481 e. The van der Waals surface area contributed by atoms with Gasteiger partial charge in [-0.1, -0.05) is 0 Å². The summed E-state index contributed by atoms with van der Waals surface area (Å²) >= 11 is 0. The molecule has 6 heteroatoms. The van der Waals surface area contributed by atoms with Gasteiger partial charge in [0.05, 0.1) is 5.92 Å². The Morgan fingerprint density at radius 1 is 1.17 bits per heavy atom. The number of hydrogen-bond donors (Lipinski definition) is 2. The standard InChI is InChI=1S/C12H21N3O3/c1-14-5-3-10(4-6-14)13-12(18)15-7-2-9(8-15)11(16)17/h9-10H,2-8H2,1H3,(H,13,18)(H,16,17). The normalized spacial score (nSPS) is 26.3. The lowest BCUT2D eigenvalue weighted by Crippen LogP contribution is -2.48. The number of carboxylic acids is 1. The maximum absolute atomic E-state index is 12.0. The van der Waals surface area contributed by atoms with Crippen LogP contribution in [0.1, 0.15) is 19.3 Å². The number of nitrogens with one attached hydrogen (secondary N) is 1. The van der Waals surface area contributed by atoms with E-state index in [4.69, 9.17) is 5.11 Å². The van der Waals surface area contributed by atoms with Gasteiger partial charge in [-0.2, -0.15) is 0 Å². The van der Waals surface area contributed by atoms with Gasteiger partial charge in [-0.15, -0.1) is 0 Å². The van der Waals surface area contributed by atoms with Crippen LogP contribution < -0.4 is 5.32 Å². The maximum atomic E-state index is 12.0. The zero-order valence-electron chi connectivity index (χ0n) is 10.8. The van der Waals surface area contributed by atoms with Crippen molar-refractivity contribution in [2.45, 2.75) is 25.3 Å². The molecule has 2 N–H and O–H groups in total. The molecule has 0 aromatic heterocycles. The van der Waals surface area contributed by atoms with Gasteiger partial charge in [0.1, 0.15) is 0 Å².